The summed E-state index contributed by atoms with van der Waals surface area (Å²) < 4.78 is 71.4. The van der Waals surface area contributed by atoms with Crippen LogP contribution in [0.1, 0.15) is 47.1 Å². The second-order valence-corrected chi connectivity index (χ2v) is 8.60. The topological polar surface area (TPSA) is 73.1 Å². The van der Waals surface area contributed by atoms with Crippen LogP contribution in [0, 0.1) is 0 Å². The van der Waals surface area contributed by atoms with Crippen LogP contribution in [0.2, 0.25) is 5.02 Å². The first kappa shape index (κ1) is 23.5. The van der Waals surface area contributed by atoms with Crippen molar-refractivity contribution in [3.05, 3.63) is 58.5 Å². The molecule has 184 valence electrons. The average Bonchev–Trinajstić information content (AvgIpc) is 3.21. The Morgan fingerprint density at radius 2 is 1.97 bits per heavy atom. The van der Waals surface area contributed by atoms with E-state index in [1.54, 1.807) is 4.57 Å². The minimum atomic E-state index is -4.70. The lowest BCUT2D eigenvalue weighted by Gasteiger charge is -2.45. The lowest BCUT2D eigenvalue weighted by Crippen LogP contribution is -2.52. The van der Waals surface area contributed by atoms with Crippen LogP contribution in [0.4, 0.5) is 22.0 Å². The molecule has 3 aromatic rings. The van der Waals surface area contributed by atoms with Crippen molar-refractivity contribution in [1.29, 1.82) is 0 Å². The van der Waals surface area contributed by atoms with Crippen LogP contribution in [0.3, 0.4) is 0 Å². The molecule has 0 radical (unpaired) electrons. The van der Waals surface area contributed by atoms with Crippen molar-refractivity contribution in [2.45, 2.75) is 50.7 Å². The molecule has 2 aliphatic heterocycles. The third-order valence-corrected chi connectivity index (χ3v) is 6.58. The number of rotatable bonds is 4. The van der Waals surface area contributed by atoms with Crippen molar-refractivity contribution in [3.63, 3.8) is 0 Å². The largest absolute Gasteiger partial charge is 0.435 e. The van der Waals surface area contributed by atoms with Gasteiger partial charge >= 0.3 is 12.8 Å². The van der Waals surface area contributed by atoms with E-state index in [0.29, 0.717) is 24.5 Å². The molecular formula is C22H17ClF5N5O2. The summed E-state index contributed by atoms with van der Waals surface area (Å²) in [5, 5.41) is 7.76. The highest BCUT2D eigenvalue weighted by atomic mass is 35.5. The molecule has 13 heteroatoms. The van der Waals surface area contributed by atoms with Crippen molar-refractivity contribution in [2.75, 3.05) is 0 Å². The number of hydrogen-bond acceptors (Lipinski definition) is 5. The Kier molecular flexibility index (Phi) is 5.86. The van der Waals surface area contributed by atoms with Crippen LogP contribution in [-0.4, -0.2) is 43.2 Å². The monoisotopic (exact) mass is 513 g/mol. The Hall–Kier alpha value is -3.28. The van der Waals surface area contributed by atoms with Gasteiger partial charge in [0.25, 0.3) is 5.91 Å². The number of ether oxygens (including phenoxy) is 1. The molecule has 1 aromatic carbocycles. The van der Waals surface area contributed by atoms with Crippen LogP contribution in [0.25, 0.3) is 11.5 Å². The first-order valence-electron chi connectivity index (χ1n) is 10.7. The van der Waals surface area contributed by atoms with Gasteiger partial charge in [-0.25, -0.2) is 0 Å². The maximum Gasteiger partial charge on any atom is 0.417 e. The molecule has 0 N–H and O–H groups in total. The van der Waals surface area contributed by atoms with Gasteiger partial charge < -0.3 is 14.2 Å². The molecule has 5 rings (SSSR count). The number of carbonyl (C=O) groups is 1. The SMILES string of the molecule is O=C(c1cccc(C(F)(F)F)c1Cl)N1C2CCCC1c1nnc(-c3cc(OC(F)F)ccn3)n1C2. The standard InChI is InChI=1S/C22H17ClF5N5O2/c23-17-13(4-2-5-14(17)22(26,27)28)20(34)33-11-3-1-6-16(33)19-31-30-18(32(19)10-11)15-9-12(7-8-29-15)35-21(24)25/h2,4-5,7-9,11,16,21H,1,3,6,10H2. The second-order valence-electron chi connectivity index (χ2n) is 8.23. The van der Waals surface area contributed by atoms with E-state index in [1.807, 2.05) is 0 Å². The minimum absolute atomic E-state index is 0.0886. The number of benzene rings is 1. The zero-order valence-corrected chi connectivity index (χ0v) is 18.6. The van der Waals surface area contributed by atoms with Crippen molar-refractivity contribution >= 4 is 17.5 Å². The van der Waals surface area contributed by atoms with Gasteiger partial charge in [-0.05, 0) is 37.5 Å². The van der Waals surface area contributed by atoms with Crippen LogP contribution in [0.5, 0.6) is 5.75 Å². The molecule has 0 spiro atoms. The minimum Gasteiger partial charge on any atom is -0.435 e. The molecule has 7 nitrogen and oxygen atoms in total. The Labute approximate surface area is 200 Å². The highest BCUT2D eigenvalue weighted by molar-refractivity contribution is 6.34. The Balaban J connectivity index is 1.51. The van der Waals surface area contributed by atoms with Crippen molar-refractivity contribution in [3.8, 4) is 17.3 Å². The van der Waals surface area contributed by atoms with Gasteiger partial charge in [0.1, 0.15) is 11.4 Å². The molecule has 2 aromatic heterocycles. The van der Waals surface area contributed by atoms with Crippen LogP contribution >= 0.6 is 11.6 Å². The van der Waals surface area contributed by atoms with Gasteiger partial charge in [-0.2, -0.15) is 22.0 Å². The fourth-order valence-corrected chi connectivity index (χ4v) is 5.04. The van der Waals surface area contributed by atoms with E-state index >= 15 is 0 Å². The van der Waals surface area contributed by atoms with E-state index < -0.39 is 35.3 Å². The highest BCUT2D eigenvalue weighted by Crippen LogP contribution is 2.43. The van der Waals surface area contributed by atoms with E-state index in [2.05, 4.69) is 19.9 Å². The van der Waals surface area contributed by atoms with Gasteiger partial charge in [0.15, 0.2) is 11.6 Å². The number of hydrogen-bond donors (Lipinski definition) is 0. The van der Waals surface area contributed by atoms with Crippen LogP contribution in [0.15, 0.2) is 36.5 Å². The molecule has 0 aliphatic carbocycles. The van der Waals surface area contributed by atoms with Crippen molar-refractivity contribution < 1.29 is 31.5 Å². The summed E-state index contributed by atoms with van der Waals surface area (Å²) >= 11 is 6.03. The van der Waals surface area contributed by atoms with Crippen molar-refractivity contribution in [1.82, 2.24) is 24.6 Å². The molecule has 1 saturated heterocycles. The number of aromatic nitrogens is 4. The van der Waals surface area contributed by atoms with Crippen molar-refractivity contribution in [2.24, 2.45) is 0 Å². The number of halogens is 6. The Morgan fingerprint density at radius 3 is 2.71 bits per heavy atom. The molecule has 35 heavy (non-hydrogen) atoms. The molecule has 2 atom stereocenters. The average molecular weight is 514 g/mol. The summed E-state index contributed by atoms with van der Waals surface area (Å²) in [6.07, 6.45) is -1.47. The normalized spacial score (nSPS) is 19.6. The summed E-state index contributed by atoms with van der Waals surface area (Å²) in [6, 6.07) is 4.98. The van der Waals surface area contributed by atoms with Crippen LogP contribution < -0.4 is 4.74 Å². The number of carbonyl (C=O) groups excluding carboxylic acids is 1. The lowest BCUT2D eigenvalue weighted by atomic mass is 9.90. The zero-order chi connectivity index (χ0) is 24.9. The van der Waals surface area contributed by atoms with E-state index in [-0.39, 0.29) is 29.6 Å². The highest BCUT2D eigenvalue weighted by Gasteiger charge is 2.44. The maximum atomic E-state index is 13.5. The number of fused-ring (bicyclic) bond motifs is 4. The first-order chi connectivity index (χ1) is 16.6. The quantitative estimate of drug-likeness (QED) is 0.439. The number of alkyl halides is 5. The predicted octanol–water partition coefficient (Wildman–Crippen LogP) is 5.36. The molecule has 2 unspecified atom stereocenters. The van der Waals surface area contributed by atoms with Gasteiger partial charge in [-0.3, -0.25) is 9.78 Å². The molecule has 1 amide bonds. The molecule has 2 bridgehead atoms. The smallest absolute Gasteiger partial charge is 0.417 e. The maximum absolute atomic E-state index is 13.5. The van der Waals surface area contributed by atoms with Gasteiger partial charge in [-0.1, -0.05) is 17.7 Å². The molecule has 0 saturated carbocycles. The summed E-state index contributed by atoms with van der Waals surface area (Å²) in [5.74, 6) is 0.0570. The Morgan fingerprint density at radius 1 is 1.17 bits per heavy atom. The number of amides is 1. The summed E-state index contributed by atoms with van der Waals surface area (Å²) in [7, 11) is 0. The fourth-order valence-electron chi connectivity index (χ4n) is 4.73. The fraction of sp³-hybridized carbons (Fsp3) is 0.364. The Bertz CT molecular complexity index is 1280. The van der Waals surface area contributed by atoms with Gasteiger partial charge in [0.05, 0.1) is 28.2 Å². The number of piperidine rings is 1. The van der Waals surface area contributed by atoms with Gasteiger partial charge in [0.2, 0.25) is 0 Å². The summed E-state index contributed by atoms with van der Waals surface area (Å²) in [6.45, 7) is -2.74. The van der Waals surface area contributed by atoms with E-state index in [4.69, 9.17) is 11.6 Å². The van der Waals surface area contributed by atoms with Gasteiger partial charge in [-0.15, -0.1) is 10.2 Å². The van der Waals surface area contributed by atoms with E-state index in [9.17, 15) is 26.7 Å². The second kappa shape index (κ2) is 8.74. The number of pyridine rings is 1. The molecular weight excluding hydrogens is 497 g/mol. The third-order valence-electron chi connectivity index (χ3n) is 6.17. The predicted molar refractivity (Wildman–Crippen MR) is 113 cm³/mol. The van der Waals surface area contributed by atoms with E-state index in [0.717, 1.165) is 18.6 Å². The zero-order valence-electron chi connectivity index (χ0n) is 17.8. The molecule has 1 fully saturated rings. The summed E-state index contributed by atoms with van der Waals surface area (Å²) in [4.78, 5) is 19.2. The van der Waals surface area contributed by atoms with Crippen LogP contribution in [-0.2, 0) is 12.7 Å². The third kappa shape index (κ3) is 4.19. The number of nitrogens with zero attached hydrogens (tertiary/aromatic N) is 5. The summed E-state index contributed by atoms with van der Waals surface area (Å²) in [5.41, 5.74) is -1.04. The van der Waals surface area contributed by atoms with Gasteiger partial charge in [0, 0.05) is 18.8 Å². The lowest BCUT2D eigenvalue weighted by molar-refractivity contribution is -0.137. The molecule has 2 aliphatic rings. The molecule has 4 heterocycles. The first-order valence-corrected chi connectivity index (χ1v) is 11.1. The van der Waals surface area contributed by atoms with E-state index in [1.165, 1.54) is 29.3 Å².